The first kappa shape index (κ1) is 23.7. The number of hydrogen-bond acceptors (Lipinski definition) is 3. The molecule has 2 rings (SSSR count). The number of carbonyl (C=O) groups is 1. The van der Waals surface area contributed by atoms with Crippen molar-refractivity contribution >= 4 is 35.8 Å². The Kier molecular flexibility index (Phi) is 10.3. The van der Waals surface area contributed by atoms with Gasteiger partial charge in [0.05, 0.1) is 13.1 Å². The van der Waals surface area contributed by atoms with Crippen molar-refractivity contribution in [3.8, 4) is 5.75 Å². The zero-order valence-corrected chi connectivity index (χ0v) is 18.3. The fourth-order valence-electron chi connectivity index (χ4n) is 2.34. The molecule has 0 spiro atoms. The van der Waals surface area contributed by atoms with Gasteiger partial charge in [0.1, 0.15) is 17.7 Å². The van der Waals surface area contributed by atoms with E-state index >= 15 is 0 Å². The van der Waals surface area contributed by atoms with Gasteiger partial charge >= 0.3 is 0 Å². The number of benzene rings is 2. The summed E-state index contributed by atoms with van der Waals surface area (Å²) in [5.74, 6) is 0.351. The maximum absolute atomic E-state index is 13.2. The summed E-state index contributed by atoms with van der Waals surface area (Å²) in [6.07, 6.45) is -0.175. The molecule has 0 saturated heterocycles. The molecule has 6 nitrogen and oxygen atoms in total. The molecule has 1 atom stereocenters. The molecule has 4 N–H and O–H groups in total. The first-order chi connectivity index (χ1) is 13.0. The van der Waals surface area contributed by atoms with Crippen LogP contribution < -0.4 is 21.1 Å². The van der Waals surface area contributed by atoms with Crippen LogP contribution in [0.2, 0.25) is 0 Å². The summed E-state index contributed by atoms with van der Waals surface area (Å²) in [6, 6.07) is 13.1. The molecule has 0 fully saturated rings. The Morgan fingerprint density at radius 3 is 2.54 bits per heavy atom. The summed E-state index contributed by atoms with van der Waals surface area (Å²) in [7, 11) is 0. The van der Waals surface area contributed by atoms with E-state index in [1.54, 1.807) is 24.3 Å². The van der Waals surface area contributed by atoms with E-state index in [0.29, 0.717) is 36.9 Å². The van der Waals surface area contributed by atoms with Gasteiger partial charge in [0.2, 0.25) is 5.91 Å². The van der Waals surface area contributed by atoms with Crippen molar-refractivity contribution in [3.05, 3.63) is 65.5 Å². The van der Waals surface area contributed by atoms with Crippen LogP contribution in [0.5, 0.6) is 5.75 Å². The van der Waals surface area contributed by atoms with Crippen molar-refractivity contribution in [2.45, 2.75) is 26.5 Å². The Morgan fingerprint density at radius 2 is 1.93 bits per heavy atom. The minimum absolute atomic E-state index is 0. The van der Waals surface area contributed by atoms with Gasteiger partial charge in [-0.25, -0.2) is 9.38 Å². The maximum Gasteiger partial charge on any atom is 0.248 e. The van der Waals surface area contributed by atoms with Gasteiger partial charge in [-0.1, -0.05) is 18.2 Å². The predicted molar refractivity (Wildman–Crippen MR) is 120 cm³/mol. The minimum atomic E-state index is -0.452. The number of nitrogens with zero attached hydrogens (tertiary/aromatic N) is 1. The highest BCUT2D eigenvalue weighted by molar-refractivity contribution is 14.0. The van der Waals surface area contributed by atoms with Crippen LogP contribution >= 0.6 is 24.0 Å². The fourth-order valence-corrected chi connectivity index (χ4v) is 2.34. The average Bonchev–Trinajstić information content (AvgIpc) is 2.64. The van der Waals surface area contributed by atoms with E-state index in [4.69, 9.17) is 10.5 Å². The predicted octanol–water partition coefficient (Wildman–Crippen LogP) is 3.07. The molecule has 8 heteroatoms. The molecule has 0 radical (unpaired) electrons. The third-order valence-electron chi connectivity index (χ3n) is 3.69. The van der Waals surface area contributed by atoms with Crippen molar-refractivity contribution in [1.82, 2.24) is 10.6 Å². The van der Waals surface area contributed by atoms with Gasteiger partial charge < -0.3 is 21.1 Å². The number of rotatable bonds is 8. The molecule has 0 saturated carbocycles. The summed E-state index contributed by atoms with van der Waals surface area (Å²) >= 11 is 0. The molecule has 0 heterocycles. The monoisotopic (exact) mass is 500 g/mol. The van der Waals surface area contributed by atoms with Crippen LogP contribution in [-0.2, 0) is 6.54 Å². The van der Waals surface area contributed by atoms with Gasteiger partial charge in [-0.3, -0.25) is 4.79 Å². The third-order valence-corrected chi connectivity index (χ3v) is 3.69. The lowest BCUT2D eigenvalue weighted by atomic mass is 10.1. The number of guanidine groups is 1. The molecule has 0 aliphatic rings. The van der Waals surface area contributed by atoms with Crippen LogP contribution in [-0.4, -0.2) is 31.1 Å². The number of hydrogen-bond donors (Lipinski definition) is 3. The second kappa shape index (κ2) is 12.2. The van der Waals surface area contributed by atoms with Gasteiger partial charge in [0.15, 0.2) is 5.96 Å². The molecule has 152 valence electrons. The van der Waals surface area contributed by atoms with E-state index in [2.05, 4.69) is 15.6 Å². The molecule has 2 aromatic carbocycles. The highest BCUT2D eigenvalue weighted by Gasteiger charge is 2.07. The number of primary amides is 1. The van der Waals surface area contributed by atoms with Gasteiger partial charge in [-0.2, -0.15) is 0 Å². The first-order valence-corrected chi connectivity index (χ1v) is 8.81. The minimum Gasteiger partial charge on any atom is -0.489 e. The SMILES string of the molecule is CCNC(=NCc1ccc(C(N)=O)cc1)NCC(C)Oc1cccc(F)c1.I. The Bertz CT molecular complexity index is 784. The van der Waals surface area contributed by atoms with Gasteiger partial charge in [0, 0.05) is 18.2 Å². The summed E-state index contributed by atoms with van der Waals surface area (Å²) in [4.78, 5) is 15.6. The molecule has 0 bridgehead atoms. The Balaban J connectivity index is 0.00000392. The van der Waals surface area contributed by atoms with E-state index in [9.17, 15) is 9.18 Å². The Hall–Kier alpha value is -2.36. The van der Waals surface area contributed by atoms with E-state index in [1.807, 2.05) is 26.0 Å². The largest absolute Gasteiger partial charge is 0.489 e. The lowest BCUT2D eigenvalue weighted by Gasteiger charge is -2.17. The molecule has 1 unspecified atom stereocenters. The summed E-state index contributed by atoms with van der Waals surface area (Å²) in [6.45, 7) is 5.54. The van der Waals surface area contributed by atoms with E-state index in [1.165, 1.54) is 12.1 Å². The van der Waals surface area contributed by atoms with Gasteiger partial charge in [-0.15, -0.1) is 24.0 Å². The van der Waals surface area contributed by atoms with Gasteiger partial charge in [0.25, 0.3) is 0 Å². The van der Waals surface area contributed by atoms with Crippen molar-refractivity contribution in [2.75, 3.05) is 13.1 Å². The number of ether oxygens (including phenoxy) is 1. The highest BCUT2D eigenvalue weighted by Crippen LogP contribution is 2.13. The molecule has 2 aromatic rings. The number of amides is 1. The number of halogens is 2. The van der Waals surface area contributed by atoms with Crippen LogP contribution in [0.15, 0.2) is 53.5 Å². The molecule has 1 amide bonds. The van der Waals surface area contributed by atoms with Gasteiger partial charge in [-0.05, 0) is 43.7 Å². The summed E-state index contributed by atoms with van der Waals surface area (Å²) < 4.78 is 18.9. The van der Waals surface area contributed by atoms with E-state index < -0.39 is 5.91 Å². The lowest BCUT2D eigenvalue weighted by molar-refractivity contribution is 0.100. The number of nitrogens with two attached hydrogens (primary N) is 1. The van der Waals surface area contributed by atoms with Crippen LogP contribution in [0.1, 0.15) is 29.8 Å². The lowest BCUT2D eigenvalue weighted by Crippen LogP contribution is -2.41. The Labute approximate surface area is 181 Å². The van der Waals surface area contributed by atoms with Crippen LogP contribution in [0.4, 0.5) is 4.39 Å². The normalized spacial score (nSPS) is 11.9. The third kappa shape index (κ3) is 8.12. The molecule has 0 aromatic heterocycles. The number of nitrogens with one attached hydrogen (secondary N) is 2. The molecular formula is C20H26FIN4O2. The smallest absolute Gasteiger partial charge is 0.248 e. The first-order valence-electron chi connectivity index (χ1n) is 8.81. The standard InChI is InChI=1S/C20H25FN4O2.HI/c1-3-23-20(25-13-15-7-9-16(10-8-15)19(22)26)24-12-14(2)27-18-6-4-5-17(21)11-18;/h4-11,14H,3,12-13H2,1-2H3,(H2,22,26)(H2,23,24,25);1H. The second-order valence-electron chi connectivity index (χ2n) is 6.02. The number of aliphatic imine (C=N–C) groups is 1. The zero-order chi connectivity index (χ0) is 19.6. The Morgan fingerprint density at radius 1 is 1.21 bits per heavy atom. The molecule has 28 heavy (non-hydrogen) atoms. The average molecular weight is 500 g/mol. The summed E-state index contributed by atoms with van der Waals surface area (Å²) in [5, 5.41) is 6.36. The molecular weight excluding hydrogens is 474 g/mol. The highest BCUT2D eigenvalue weighted by atomic mass is 127. The van der Waals surface area contributed by atoms with Crippen LogP contribution in [0.25, 0.3) is 0 Å². The fraction of sp³-hybridized carbons (Fsp3) is 0.300. The quantitative estimate of drug-likeness (QED) is 0.296. The zero-order valence-electron chi connectivity index (χ0n) is 15.9. The van der Waals surface area contributed by atoms with Crippen molar-refractivity contribution in [2.24, 2.45) is 10.7 Å². The van der Waals surface area contributed by atoms with Crippen molar-refractivity contribution in [1.29, 1.82) is 0 Å². The van der Waals surface area contributed by atoms with Crippen molar-refractivity contribution in [3.63, 3.8) is 0 Å². The second-order valence-corrected chi connectivity index (χ2v) is 6.02. The van der Waals surface area contributed by atoms with Crippen molar-refractivity contribution < 1.29 is 13.9 Å². The molecule has 0 aliphatic carbocycles. The summed E-state index contributed by atoms with van der Waals surface area (Å²) in [5.41, 5.74) is 6.67. The van der Waals surface area contributed by atoms with Crippen LogP contribution in [0.3, 0.4) is 0 Å². The van der Waals surface area contributed by atoms with E-state index in [0.717, 1.165) is 5.56 Å². The number of carbonyl (C=O) groups excluding carboxylic acids is 1. The maximum atomic E-state index is 13.2. The van der Waals surface area contributed by atoms with E-state index in [-0.39, 0.29) is 35.9 Å². The topological polar surface area (TPSA) is 88.7 Å². The molecule has 0 aliphatic heterocycles. The van der Waals surface area contributed by atoms with Crippen LogP contribution in [0, 0.1) is 5.82 Å².